The van der Waals surface area contributed by atoms with Gasteiger partial charge in [-0.3, -0.25) is 0 Å². The van der Waals surface area contributed by atoms with E-state index in [9.17, 15) is 13.2 Å². The molecule has 82 valence electrons. The average Bonchev–Trinajstić information content (AvgIpc) is 3.00. The third-order valence-electron chi connectivity index (χ3n) is 2.90. The van der Waals surface area contributed by atoms with Gasteiger partial charge in [0.15, 0.2) is 5.67 Å². The van der Waals surface area contributed by atoms with Gasteiger partial charge in [0.1, 0.15) is 11.6 Å². The van der Waals surface area contributed by atoms with Crippen molar-refractivity contribution in [3.8, 4) is 0 Å². The Morgan fingerprint density at radius 1 is 1.27 bits per heavy atom. The Hall–Kier alpha value is -1.03. The predicted molar refractivity (Wildman–Crippen MR) is 50.9 cm³/mol. The summed E-state index contributed by atoms with van der Waals surface area (Å²) in [6, 6.07) is 3.34. The van der Waals surface area contributed by atoms with E-state index in [4.69, 9.17) is 5.73 Å². The van der Waals surface area contributed by atoms with Crippen LogP contribution in [-0.2, 0) is 5.67 Å². The molecular formula is C11H12F3N. The molecule has 2 rings (SSSR count). The molecule has 0 aromatic heterocycles. The van der Waals surface area contributed by atoms with E-state index >= 15 is 0 Å². The van der Waals surface area contributed by atoms with Crippen LogP contribution in [0.3, 0.4) is 0 Å². The fraction of sp³-hybridized carbons (Fsp3) is 0.455. The van der Waals surface area contributed by atoms with Crippen LogP contribution < -0.4 is 5.73 Å². The van der Waals surface area contributed by atoms with Crippen LogP contribution in [0, 0.1) is 17.6 Å². The summed E-state index contributed by atoms with van der Waals surface area (Å²) in [5.74, 6) is -2.04. The average molecular weight is 215 g/mol. The standard InChI is InChI=1S/C11H12F3N/c12-8-2-1-3-9(13)10(8)11(14,6-15)7-4-5-7/h1-3,7H,4-6,15H2. The lowest BCUT2D eigenvalue weighted by molar-refractivity contribution is 0.131. The van der Waals surface area contributed by atoms with Gasteiger partial charge in [-0.25, -0.2) is 13.2 Å². The van der Waals surface area contributed by atoms with E-state index in [0.29, 0.717) is 12.8 Å². The van der Waals surface area contributed by atoms with Gasteiger partial charge in [-0.2, -0.15) is 0 Å². The van der Waals surface area contributed by atoms with Crippen molar-refractivity contribution in [2.45, 2.75) is 18.5 Å². The van der Waals surface area contributed by atoms with Crippen LogP contribution in [0.15, 0.2) is 18.2 Å². The molecule has 1 aliphatic rings. The SMILES string of the molecule is NCC(F)(c1c(F)cccc1F)C1CC1. The highest BCUT2D eigenvalue weighted by Gasteiger charge is 2.49. The van der Waals surface area contributed by atoms with Crippen LogP contribution in [0.1, 0.15) is 18.4 Å². The Kier molecular flexibility index (Phi) is 2.46. The van der Waals surface area contributed by atoms with Crippen LogP contribution in [0.2, 0.25) is 0 Å². The number of halogens is 3. The minimum absolute atomic E-state index is 0.339. The zero-order valence-corrected chi connectivity index (χ0v) is 8.14. The summed E-state index contributed by atoms with van der Waals surface area (Å²) < 4.78 is 41.1. The van der Waals surface area contributed by atoms with E-state index in [1.807, 2.05) is 0 Å². The highest BCUT2D eigenvalue weighted by atomic mass is 19.2. The molecule has 1 aromatic carbocycles. The van der Waals surface area contributed by atoms with Crippen LogP contribution in [-0.4, -0.2) is 6.54 Å². The Labute approximate surface area is 86.1 Å². The van der Waals surface area contributed by atoms with Gasteiger partial charge in [0.2, 0.25) is 0 Å². The second kappa shape index (κ2) is 3.52. The number of hydrogen-bond acceptors (Lipinski definition) is 1. The molecule has 0 heterocycles. The summed E-state index contributed by atoms with van der Waals surface area (Å²) in [7, 11) is 0. The normalized spacial score (nSPS) is 20.0. The molecule has 0 amide bonds. The van der Waals surface area contributed by atoms with Crippen molar-refractivity contribution >= 4 is 0 Å². The summed E-state index contributed by atoms with van der Waals surface area (Å²) >= 11 is 0. The maximum Gasteiger partial charge on any atom is 0.156 e. The van der Waals surface area contributed by atoms with Gasteiger partial charge in [0, 0.05) is 6.54 Å². The summed E-state index contributed by atoms with van der Waals surface area (Å²) in [6.07, 6.45) is 1.28. The van der Waals surface area contributed by atoms with Crippen molar-refractivity contribution in [2.24, 2.45) is 11.7 Å². The summed E-state index contributed by atoms with van der Waals surface area (Å²) in [6.45, 7) is -0.379. The van der Waals surface area contributed by atoms with Gasteiger partial charge in [-0.1, -0.05) is 6.07 Å². The van der Waals surface area contributed by atoms with E-state index < -0.39 is 22.9 Å². The number of rotatable bonds is 3. The molecule has 0 aliphatic heterocycles. The molecule has 1 unspecified atom stereocenters. The largest absolute Gasteiger partial charge is 0.327 e. The van der Waals surface area contributed by atoms with Crippen LogP contribution in [0.25, 0.3) is 0 Å². The van der Waals surface area contributed by atoms with Crippen molar-refractivity contribution in [3.63, 3.8) is 0 Å². The van der Waals surface area contributed by atoms with Crippen molar-refractivity contribution in [3.05, 3.63) is 35.4 Å². The van der Waals surface area contributed by atoms with Gasteiger partial charge >= 0.3 is 0 Å². The summed E-state index contributed by atoms with van der Waals surface area (Å²) in [5.41, 5.74) is 2.76. The van der Waals surface area contributed by atoms with Crippen LogP contribution in [0.4, 0.5) is 13.2 Å². The molecule has 1 nitrogen and oxygen atoms in total. The van der Waals surface area contributed by atoms with E-state index in [-0.39, 0.29) is 12.5 Å². The van der Waals surface area contributed by atoms with Crippen molar-refractivity contribution < 1.29 is 13.2 Å². The Balaban J connectivity index is 2.50. The molecule has 2 N–H and O–H groups in total. The van der Waals surface area contributed by atoms with Crippen LogP contribution in [0.5, 0.6) is 0 Å². The smallest absolute Gasteiger partial charge is 0.156 e. The second-order valence-corrected chi connectivity index (χ2v) is 3.94. The zero-order chi connectivity index (χ0) is 11.1. The second-order valence-electron chi connectivity index (χ2n) is 3.94. The number of hydrogen-bond donors (Lipinski definition) is 1. The Morgan fingerprint density at radius 2 is 1.80 bits per heavy atom. The molecule has 1 fully saturated rings. The third-order valence-corrected chi connectivity index (χ3v) is 2.90. The van der Waals surface area contributed by atoms with Crippen molar-refractivity contribution in [1.82, 2.24) is 0 Å². The Morgan fingerprint density at radius 3 is 2.20 bits per heavy atom. The first kappa shape index (κ1) is 10.5. The number of alkyl halides is 1. The molecule has 1 atom stereocenters. The minimum Gasteiger partial charge on any atom is -0.327 e. The Bertz CT molecular complexity index is 356. The molecule has 4 heteroatoms. The topological polar surface area (TPSA) is 26.0 Å². The lowest BCUT2D eigenvalue weighted by atomic mass is 9.90. The highest BCUT2D eigenvalue weighted by molar-refractivity contribution is 5.29. The molecule has 1 aromatic rings. The fourth-order valence-electron chi connectivity index (χ4n) is 1.91. The maximum absolute atomic E-state index is 14.4. The van der Waals surface area contributed by atoms with E-state index in [1.165, 1.54) is 6.07 Å². The van der Waals surface area contributed by atoms with Gasteiger partial charge in [0.05, 0.1) is 5.56 Å². The molecule has 15 heavy (non-hydrogen) atoms. The lowest BCUT2D eigenvalue weighted by Crippen LogP contribution is -2.34. The lowest BCUT2D eigenvalue weighted by Gasteiger charge is -2.24. The summed E-state index contributed by atoms with van der Waals surface area (Å²) in [4.78, 5) is 0. The quantitative estimate of drug-likeness (QED) is 0.823. The fourth-order valence-corrected chi connectivity index (χ4v) is 1.91. The number of benzene rings is 1. The predicted octanol–water partition coefficient (Wildman–Crippen LogP) is 2.50. The zero-order valence-electron chi connectivity index (χ0n) is 8.14. The first-order chi connectivity index (χ1) is 7.09. The van der Waals surface area contributed by atoms with Gasteiger partial charge < -0.3 is 5.73 Å². The van der Waals surface area contributed by atoms with Gasteiger partial charge in [-0.15, -0.1) is 0 Å². The minimum atomic E-state index is -2.05. The summed E-state index contributed by atoms with van der Waals surface area (Å²) in [5, 5.41) is 0. The van der Waals surface area contributed by atoms with E-state index in [0.717, 1.165) is 12.1 Å². The molecule has 0 spiro atoms. The van der Waals surface area contributed by atoms with E-state index in [1.54, 1.807) is 0 Å². The first-order valence-electron chi connectivity index (χ1n) is 4.93. The van der Waals surface area contributed by atoms with Crippen LogP contribution >= 0.6 is 0 Å². The molecular weight excluding hydrogens is 203 g/mol. The molecule has 1 aliphatic carbocycles. The molecule has 0 saturated heterocycles. The van der Waals surface area contributed by atoms with E-state index in [2.05, 4.69) is 0 Å². The van der Waals surface area contributed by atoms with Crippen molar-refractivity contribution in [1.29, 1.82) is 0 Å². The monoisotopic (exact) mass is 215 g/mol. The molecule has 1 saturated carbocycles. The van der Waals surface area contributed by atoms with Gasteiger partial charge in [0.25, 0.3) is 0 Å². The molecule has 0 radical (unpaired) electrons. The van der Waals surface area contributed by atoms with Gasteiger partial charge in [-0.05, 0) is 30.9 Å². The highest BCUT2D eigenvalue weighted by Crippen LogP contribution is 2.49. The van der Waals surface area contributed by atoms with Crippen molar-refractivity contribution in [2.75, 3.05) is 6.54 Å². The first-order valence-corrected chi connectivity index (χ1v) is 4.93. The third kappa shape index (κ3) is 1.63. The number of nitrogens with two attached hydrogens (primary N) is 1. The maximum atomic E-state index is 14.4. The molecule has 0 bridgehead atoms.